The molecule has 0 spiro atoms. The van der Waals surface area contributed by atoms with E-state index in [9.17, 15) is 4.79 Å². The lowest BCUT2D eigenvalue weighted by molar-refractivity contribution is -0.117. The summed E-state index contributed by atoms with van der Waals surface area (Å²) in [5.41, 5.74) is 1.73. The summed E-state index contributed by atoms with van der Waals surface area (Å²) >= 11 is 10.3. The quantitative estimate of drug-likeness (QED) is 0.651. The van der Waals surface area contributed by atoms with Crippen LogP contribution < -0.4 is 4.90 Å². The molecule has 16 heavy (non-hydrogen) atoms. The second-order valence-corrected chi connectivity index (χ2v) is 4.75. The maximum atomic E-state index is 11.9. The van der Waals surface area contributed by atoms with E-state index < -0.39 is 0 Å². The Balaban J connectivity index is 2.35. The summed E-state index contributed by atoms with van der Waals surface area (Å²) in [6.07, 6.45) is 2.20. The molecule has 0 bridgehead atoms. The number of anilines is 1. The number of amides is 1. The van der Waals surface area contributed by atoms with Gasteiger partial charge in [0, 0.05) is 19.2 Å². The summed E-state index contributed by atoms with van der Waals surface area (Å²) in [4.78, 5) is 17.6. The van der Waals surface area contributed by atoms with Crippen LogP contribution in [0.4, 0.5) is 5.69 Å². The van der Waals surface area contributed by atoms with Crippen molar-refractivity contribution in [1.82, 2.24) is 4.98 Å². The van der Waals surface area contributed by atoms with Gasteiger partial charge in [-0.1, -0.05) is 11.6 Å². The number of hydrogen-bond donors (Lipinski definition) is 1. The third-order valence-electron chi connectivity index (χ3n) is 2.81. The van der Waals surface area contributed by atoms with Crippen molar-refractivity contribution < 1.29 is 4.79 Å². The van der Waals surface area contributed by atoms with E-state index in [1.165, 1.54) is 0 Å². The molecule has 1 fully saturated rings. The molecule has 1 aromatic rings. The van der Waals surface area contributed by atoms with Crippen molar-refractivity contribution in [1.29, 1.82) is 0 Å². The molecule has 3 nitrogen and oxygen atoms in total. The van der Waals surface area contributed by atoms with Gasteiger partial charge in [-0.25, -0.2) is 4.98 Å². The fourth-order valence-corrected chi connectivity index (χ4v) is 2.51. The molecule has 1 atom stereocenters. The van der Waals surface area contributed by atoms with Crippen molar-refractivity contribution in [2.75, 3.05) is 17.2 Å². The fourth-order valence-electron chi connectivity index (χ4n) is 1.96. The summed E-state index contributed by atoms with van der Waals surface area (Å²) in [6.45, 7) is 2.62. The van der Waals surface area contributed by atoms with E-state index in [0.29, 0.717) is 24.0 Å². The smallest absolute Gasteiger partial charge is 0.227 e. The average molecular weight is 257 g/mol. The van der Waals surface area contributed by atoms with Crippen LogP contribution in [0.25, 0.3) is 0 Å². The number of carbonyl (C=O) groups is 1. The van der Waals surface area contributed by atoms with Gasteiger partial charge in [0.05, 0.1) is 5.69 Å². The first-order valence-electron chi connectivity index (χ1n) is 5.15. The van der Waals surface area contributed by atoms with E-state index in [4.69, 9.17) is 11.6 Å². The first-order chi connectivity index (χ1) is 7.63. The molecule has 0 aromatic carbocycles. The maximum Gasteiger partial charge on any atom is 0.227 e. The molecule has 1 amide bonds. The second kappa shape index (κ2) is 4.63. The maximum absolute atomic E-state index is 11.9. The zero-order valence-corrected chi connectivity index (χ0v) is 10.6. The van der Waals surface area contributed by atoms with Gasteiger partial charge in [0.1, 0.15) is 0 Å². The minimum absolute atomic E-state index is 0.108. The Labute approximate surface area is 105 Å². The number of halogens is 1. The Morgan fingerprint density at radius 1 is 1.69 bits per heavy atom. The lowest BCUT2D eigenvalue weighted by atomic mass is 10.1. The van der Waals surface area contributed by atoms with Crippen LogP contribution in [0.5, 0.6) is 0 Å². The summed E-state index contributed by atoms with van der Waals surface area (Å²) in [7, 11) is 0. The van der Waals surface area contributed by atoms with Gasteiger partial charge in [0.15, 0.2) is 5.15 Å². The number of rotatable bonds is 2. The van der Waals surface area contributed by atoms with E-state index >= 15 is 0 Å². The Morgan fingerprint density at radius 2 is 2.44 bits per heavy atom. The number of pyridine rings is 1. The van der Waals surface area contributed by atoms with Crippen LogP contribution in [0.1, 0.15) is 12.0 Å². The van der Waals surface area contributed by atoms with Gasteiger partial charge >= 0.3 is 0 Å². The Hall–Kier alpha value is -0.740. The lowest BCUT2D eigenvalue weighted by Crippen LogP contribution is -2.26. The van der Waals surface area contributed by atoms with Crippen molar-refractivity contribution in [3.63, 3.8) is 0 Å². The third kappa shape index (κ3) is 2.04. The molecule has 0 N–H and O–H groups in total. The molecule has 0 radical (unpaired) electrons. The van der Waals surface area contributed by atoms with Crippen LogP contribution in [0.15, 0.2) is 12.3 Å². The summed E-state index contributed by atoms with van der Waals surface area (Å²) in [5.74, 6) is 1.14. The van der Waals surface area contributed by atoms with E-state index in [2.05, 4.69) is 17.6 Å². The van der Waals surface area contributed by atoms with E-state index in [-0.39, 0.29) is 5.91 Å². The van der Waals surface area contributed by atoms with Gasteiger partial charge in [-0.3, -0.25) is 4.79 Å². The number of aromatic nitrogens is 1. The zero-order chi connectivity index (χ0) is 11.7. The van der Waals surface area contributed by atoms with E-state index in [1.807, 2.05) is 13.0 Å². The standard InChI is InChI=1S/C11H13ClN2OS/c1-7-2-3-13-11(12)10(7)14-5-8(6-16)4-9(14)15/h2-3,8,16H,4-6H2,1H3. The van der Waals surface area contributed by atoms with Crippen LogP contribution in [0.3, 0.4) is 0 Å². The van der Waals surface area contributed by atoms with Crippen LogP contribution >= 0.6 is 24.2 Å². The van der Waals surface area contributed by atoms with Gasteiger partial charge in [-0.05, 0) is 30.2 Å². The van der Waals surface area contributed by atoms with Gasteiger partial charge in [-0.15, -0.1) is 0 Å². The van der Waals surface area contributed by atoms with Crippen LogP contribution in [-0.2, 0) is 4.79 Å². The molecule has 1 saturated heterocycles. The minimum atomic E-state index is 0.108. The van der Waals surface area contributed by atoms with E-state index in [1.54, 1.807) is 11.1 Å². The fraction of sp³-hybridized carbons (Fsp3) is 0.455. The SMILES string of the molecule is Cc1ccnc(Cl)c1N1CC(CS)CC1=O. The molecular formula is C11H13ClN2OS. The Bertz CT molecular complexity index is 404. The van der Waals surface area contributed by atoms with Crippen molar-refractivity contribution in [3.8, 4) is 0 Å². The molecule has 2 rings (SSSR count). The normalized spacial score (nSPS) is 20.6. The van der Waals surface area contributed by atoms with Gasteiger partial charge in [0.2, 0.25) is 5.91 Å². The highest BCUT2D eigenvalue weighted by Crippen LogP contribution is 2.32. The van der Waals surface area contributed by atoms with Crippen LogP contribution in [0, 0.1) is 12.8 Å². The summed E-state index contributed by atoms with van der Waals surface area (Å²) < 4.78 is 0. The van der Waals surface area contributed by atoms with Gasteiger partial charge in [-0.2, -0.15) is 12.6 Å². The molecule has 86 valence electrons. The molecular weight excluding hydrogens is 244 g/mol. The van der Waals surface area contributed by atoms with Crippen LogP contribution in [0.2, 0.25) is 5.15 Å². The van der Waals surface area contributed by atoms with Crippen LogP contribution in [-0.4, -0.2) is 23.2 Å². The van der Waals surface area contributed by atoms with Crippen molar-refractivity contribution in [2.45, 2.75) is 13.3 Å². The number of hydrogen-bond acceptors (Lipinski definition) is 3. The Kier molecular flexibility index (Phi) is 3.40. The number of thiol groups is 1. The molecule has 1 aliphatic rings. The zero-order valence-electron chi connectivity index (χ0n) is 8.98. The second-order valence-electron chi connectivity index (χ2n) is 4.02. The predicted octanol–water partition coefficient (Wildman–Crippen LogP) is 2.33. The molecule has 0 aliphatic carbocycles. The summed E-state index contributed by atoms with van der Waals surface area (Å²) in [5, 5.41) is 0.396. The highest BCUT2D eigenvalue weighted by molar-refractivity contribution is 7.80. The molecule has 1 aliphatic heterocycles. The van der Waals surface area contributed by atoms with Crippen molar-refractivity contribution >= 4 is 35.8 Å². The largest absolute Gasteiger partial charge is 0.309 e. The first kappa shape index (κ1) is 11.7. The first-order valence-corrected chi connectivity index (χ1v) is 6.17. The number of aryl methyl sites for hydroxylation is 1. The number of nitrogens with zero attached hydrogens (tertiary/aromatic N) is 2. The van der Waals surface area contributed by atoms with Crippen molar-refractivity contribution in [3.05, 3.63) is 23.0 Å². The summed E-state index contributed by atoms with van der Waals surface area (Å²) in [6, 6.07) is 1.86. The number of carbonyl (C=O) groups excluding carboxylic acids is 1. The average Bonchev–Trinajstić information content (AvgIpc) is 2.60. The third-order valence-corrected chi connectivity index (χ3v) is 3.61. The minimum Gasteiger partial charge on any atom is -0.309 e. The highest BCUT2D eigenvalue weighted by Gasteiger charge is 2.31. The topological polar surface area (TPSA) is 33.2 Å². The van der Waals surface area contributed by atoms with Crippen molar-refractivity contribution in [2.24, 2.45) is 5.92 Å². The monoisotopic (exact) mass is 256 g/mol. The molecule has 1 aromatic heterocycles. The van der Waals surface area contributed by atoms with Gasteiger partial charge in [0.25, 0.3) is 0 Å². The molecule has 2 heterocycles. The van der Waals surface area contributed by atoms with Gasteiger partial charge < -0.3 is 4.90 Å². The van der Waals surface area contributed by atoms with E-state index in [0.717, 1.165) is 17.0 Å². The Morgan fingerprint density at radius 3 is 3.00 bits per heavy atom. The molecule has 5 heteroatoms. The molecule has 0 saturated carbocycles. The lowest BCUT2D eigenvalue weighted by Gasteiger charge is -2.19. The predicted molar refractivity (Wildman–Crippen MR) is 68.3 cm³/mol. The highest BCUT2D eigenvalue weighted by atomic mass is 35.5. The molecule has 1 unspecified atom stereocenters.